The molecule has 7 heteroatoms. The number of carbonyl (C=O) groups is 2. The van der Waals surface area contributed by atoms with E-state index >= 15 is 0 Å². The third-order valence-corrected chi connectivity index (χ3v) is 2.20. The topological polar surface area (TPSA) is 71.1 Å². The molecule has 2 N–H and O–H groups in total. The lowest BCUT2D eigenvalue weighted by Gasteiger charge is -2.06. The van der Waals surface area contributed by atoms with E-state index in [4.69, 9.17) is 23.2 Å². The first-order valence-electron chi connectivity index (χ1n) is 4.85. The predicted octanol–water partition coefficient (Wildman–Crippen LogP) is 1.25. The maximum absolute atomic E-state index is 11.6. The van der Waals surface area contributed by atoms with Crippen LogP contribution in [-0.4, -0.2) is 29.9 Å². The highest BCUT2D eigenvalue weighted by atomic mass is 35.5. The second-order valence-electron chi connectivity index (χ2n) is 3.24. The SMILES string of the molecule is CC(=O)NCCNC(=O)c1cc(Cl)nc(Cl)c1. The third kappa shape index (κ3) is 5.01. The highest BCUT2D eigenvalue weighted by Gasteiger charge is 2.07. The Labute approximate surface area is 109 Å². The van der Waals surface area contributed by atoms with Gasteiger partial charge in [0.05, 0.1) is 0 Å². The van der Waals surface area contributed by atoms with Gasteiger partial charge >= 0.3 is 0 Å². The number of carbonyl (C=O) groups excluding carboxylic acids is 2. The molecule has 0 unspecified atom stereocenters. The van der Waals surface area contributed by atoms with Crippen LogP contribution >= 0.6 is 23.2 Å². The van der Waals surface area contributed by atoms with E-state index in [-0.39, 0.29) is 22.1 Å². The van der Waals surface area contributed by atoms with E-state index in [1.54, 1.807) is 0 Å². The quantitative estimate of drug-likeness (QED) is 0.642. The van der Waals surface area contributed by atoms with Crippen LogP contribution in [0, 0.1) is 0 Å². The fourth-order valence-electron chi connectivity index (χ4n) is 1.11. The van der Waals surface area contributed by atoms with Crippen LogP contribution in [0.4, 0.5) is 0 Å². The number of rotatable bonds is 4. The normalized spacial score (nSPS) is 9.82. The molecule has 0 atom stereocenters. The van der Waals surface area contributed by atoms with Crippen molar-refractivity contribution in [3.8, 4) is 0 Å². The van der Waals surface area contributed by atoms with Crippen molar-refractivity contribution >= 4 is 35.0 Å². The molecule has 92 valence electrons. The van der Waals surface area contributed by atoms with E-state index in [0.717, 1.165) is 0 Å². The lowest BCUT2D eigenvalue weighted by Crippen LogP contribution is -2.33. The molecule has 0 aliphatic heterocycles. The summed E-state index contributed by atoms with van der Waals surface area (Å²) in [7, 11) is 0. The Morgan fingerprint density at radius 2 is 1.71 bits per heavy atom. The van der Waals surface area contributed by atoms with Gasteiger partial charge in [-0.3, -0.25) is 9.59 Å². The van der Waals surface area contributed by atoms with Crippen LogP contribution < -0.4 is 10.6 Å². The van der Waals surface area contributed by atoms with E-state index in [1.165, 1.54) is 19.1 Å². The van der Waals surface area contributed by atoms with Gasteiger partial charge in [-0.05, 0) is 12.1 Å². The number of amides is 2. The van der Waals surface area contributed by atoms with Gasteiger partial charge in [0.2, 0.25) is 5.91 Å². The lowest BCUT2D eigenvalue weighted by atomic mass is 10.2. The number of hydrogen-bond acceptors (Lipinski definition) is 3. The molecule has 17 heavy (non-hydrogen) atoms. The Morgan fingerprint density at radius 1 is 1.18 bits per heavy atom. The minimum atomic E-state index is -0.318. The fraction of sp³-hybridized carbons (Fsp3) is 0.300. The highest BCUT2D eigenvalue weighted by molar-refractivity contribution is 6.33. The average Bonchev–Trinajstić information content (AvgIpc) is 2.22. The van der Waals surface area contributed by atoms with Crippen LogP contribution in [0.3, 0.4) is 0 Å². The maximum atomic E-state index is 11.6. The van der Waals surface area contributed by atoms with E-state index in [9.17, 15) is 9.59 Å². The average molecular weight is 276 g/mol. The van der Waals surface area contributed by atoms with Gasteiger partial charge in [0.15, 0.2) is 0 Å². The van der Waals surface area contributed by atoms with Crippen molar-refractivity contribution in [1.29, 1.82) is 0 Å². The third-order valence-electron chi connectivity index (χ3n) is 1.81. The number of pyridine rings is 1. The first-order chi connectivity index (χ1) is 7.99. The zero-order chi connectivity index (χ0) is 12.8. The Morgan fingerprint density at radius 3 is 2.24 bits per heavy atom. The van der Waals surface area contributed by atoms with Gasteiger partial charge in [0, 0.05) is 25.6 Å². The van der Waals surface area contributed by atoms with Gasteiger partial charge in [0.25, 0.3) is 5.91 Å². The monoisotopic (exact) mass is 275 g/mol. The van der Waals surface area contributed by atoms with Crippen molar-refractivity contribution in [2.24, 2.45) is 0 Å². The van der Waals surface area contributed by atoms with Crippen LogP contribution in [0.1, 0.15) is 17.3 Å². The zero-order valence-corrected chi connectivity index (χ0v) is 10.6. The minimum Gasteiger partial charge on any atom is -0.355 e. The molecule has 0 saturated heterocycles. The molecule has 0 aliphatic rings. The molecule has 5 nitrogen and oxygen atoms in total. The van der Waals surface area contributed by atoms with E-state index in [0.29, 0.717) is 18.7 Å². The Hall–Kier alpha value is -1.33. The van der Waals surface area contributed by atoms with Crippen molar-refractivity contribution in [1.82, 2.24) is 15.6 Å². The summed E-state index contributed by atoms with van der Waals surface area (Å²) in [6.07, 6.45) is 0. The minimum absolute atomic E-state index is 0.144. The summed E-state index contributed by atoms with van der Waals surface area (Å²) in [6, 6.07) is 2.84. The molecular formula is C10H11Cl2N3O2. The second-order valence-corrected chi connectivity index (χ2v) is 4.01. The Balaban J connectivity index is 2.49. The molecule has 1 aromatic rings. The molecule has 0 radical (unpaired) electrons. The zero-order valence-electron chi connectivity index (χ0n) is 9.09. The van der Waals surface area contributed by atoms with Gasteiger partial charge in [-0.25, -0.2) is 4.98 Å². The molecule has 1 aromatic heterocycles. The van der Waals surface area contributed by atoms with Crippen molar-refractivity contribution in [2.75, 3.05) is 13.1 Å². The number of hydrogen-bond donors (Lipinski definition) is 2. The van der Waals surface area contributed by atoms with Crippen molar-refractivity contribution < 1.29 is 9.59 Å². The molecule has 0 spiro atoms. The van der Waals surface area contributed by atoms with Gasteiger partial charge in [-0.2, -0.15) is 0 Å². The van der Waals surface area contributed by atoms with Crippen LogP contribution in [0.25, 0.3) is 0 Å². The summed E-state index contributed by atoms with van der Waals surface area (Å²) < 4.78 is 0. The molecule has 0 fully saturated rings. The van der Waals surface area contributed by atoms with E-state index < -0.39 is 0 Å². The summed E-state index contributed by atoms with van der Waals surface area (Å²) >= 11 is 11.3. The fourth-order valence-corrected chi connectivity index (χ4v) is 1.57. The summed E-state index contributed by atoms with van der Waals surface area (Å²) in [5.74, 6) is -0.462. The van der Waals surface area contributed by atoms with Gasteiger partial charge < -0.3 is 10.6 Å². The van der Waals surface area contributed by atoms with Crippen molar-refractivity contribution in [2.45, 2.75) is 6.92 Å². The largest absolute Gasteiger partial charge is 0.355 e. The standard InChI is InChI=1S/C10H11Cl2N3O2/c1-6(16)13-2-3-14-10(17)7-4-8(11)15-9(12)5-7/h4-5H,2-3H2,1H3,(H,13,16)(H,14,17). The second kappa shape index (κ2) is 6.42. The molecule has 0 aliphatic carbocycles. The van der Waals surface area contributed by atoms with Crippen LogP contribution in [0.15, 0.2) is 12.1 Å². The smallest absolute Gasteiger partial charge is 0.251 e. The van der Waals surface area contributed by atoms with Gasteiger partial charge in [-0.15, -0.1) is 0 Å². The number of aromatic nitrogens is 1. The summed E-state index contributed by atoms with van der Waals surface area (Å²) in [6.45, 7) is 2.10. The number of nitrogens with one attached hydrogen (secondary N) is 2. The number of halogens is 2. The number of nitrogens with zero attached hydrogens (tertiary/aromatic N) is 1. The first-order valence-corrected chi connectivity index (χ1v) is 5.60. The van der Waals surface area contributed by atoms with Crippen LogP contribution in [0.2, 0.25) is 10.3 Å². The molecule has 0 saturated carbocycles. The van der Waals surface area contributed by atoms with Crippen LogP contribution in [-0.2, 0) is 4.79 Å². The first kappa shape index (κ1) is 13.7. The molecular weight excluding hydrogens is 265 g/mol. The molecule has 1 rings (SSSR count). The summed E-state index contributed by atoms with van der Waals surface area (Å²) in [5.41, 5.74) is 0.331. The highest BCUT2D eigenvalue weighted by Crippen LogP contribution is 2.14. The van der Waals surface area contributed by atoms with Crippen LogP contribution in [0.5, 0.6) is 0 Å². The summed E-state index contributed by atoms with van der Waals surface area (Å²) in [5, 5.41) is 5.48. The molecule has 0 bridgehead atoms. The van der Waals surface area contributed by atoms with Crippen molar-refractivity contribution in [3.05, 3.63) is 28.0 Å². The van der Waals surface area contributed by atoms with Gasteiger partial charge in [0.1, 0.15) is 10.3 Å². The molecule has 1 heterocycles. The lowest BCUT2D eigenvalue weighted by molar-refractivity contribution is -0.118. The van der Waals surface area contributed by atoms with E-state index in [2.05, 4.69) is 15.6 Å². The molecule has 0 aromatic carbocycles. The Bertz CT molecular complexity index is 417. The predicted molar refractivity (Wildman–Crippen MR) is 65.3 cm³/mol. The van der Waals surface area contributed by atoms with Gasteiger partial charge in [-0.1, -0.05) is 23.2 Å². The maximum Gasteiger partial charge on any atom is 0.251 e. The molecule has 2 amide bonds. The van der Waals surface area contributed by atoms with Crippen molar-refractivity contribution in [3.63, 3.8) is 0 Å². The van der Waals surface area contributed by atoms with E-state index in [1.807, 2.05) is 0 Å². The Kier molecular flexibility index (Phi) is 5.18. The summed E-state index contributed by atoms with van der Waals surface area (Å²) in [4.78, 5) is 25.9.